The quantitative estimate of drug-likeness (QED) is 0.245. The maximum atomic E-state index is 15.6. The predicted molar refractivity (Wildman–Crippen MR) is 129 cm³/mol. The van der Waals surface area contributed by atoms with Crippen molar-refractivity contribution >= 4 is 10.0 Å². The van der Waals surface area contributed by atoms with Crippen molar-refractivity contribution in [1.82, 2.24) is 19.7 Å². The van der Waals surface area contributed by atoms with Crippen LogP contribution in [0.2, 0.25) is 0 Å². The van der Waals surface area contributed by atoms with Gasteiger partial charge in [-0.15, -0.1) is 0 Å². The van der Waals surface area contributed by atoms with Crippen LogP contribution >= 0.6 is 0 Å². The van der Waals surface area contributed by atoms with Gasteiger partial charge in [-0.05, 0) is 42.5 Å². The third-order valence-electron chi connectivity index (χ3n) is 5.80. The standard InChI is InChI=1S/C25H14F10N4O3S/c26-21-12(10-37-43(41,42)15-5-2-13(3-6-15)23(27,28)29)1-7-16(25(33,34)35)20(21)22-38-18(9-19(40)39-22)17-8-4-14(11-36-17)24(30,31)32/h1-9,11,37H,10H2,(H,38,39,40). The minimum absolute atomic E-state index is 0.366. The zero-order valence-electron chi connectivity index (χ0n) is 20.8. The van der Waals surface area contributed by atoms with E-state index in [1.807, 2.05) is 9.71 Å². The Morgan fingerprint density at radius 1 is 0.767 bits per heavy atom. The second kappa shape index (κ2) is 11.1. The molecule has 0 aliphatic carbocycles. The van der Waals surface area contributed by atoms with Crippen LogP contribution in [0.25, 0.3) is 22.8 Å². The molecule has 0 amide bonds. The number of rotatable bonds is 6. The lowest BCUT2D eigenvalue weighted by Gasteiger charge is -2.16. The van der Waals surface area contributed by atoms with E-state index in [0.29, 0.717) is 54.7 Å². The fourth-order valence-electron chi connectivity index (χ4n) is 3.72. The molecule has 7 nitrogen and oxygen atoms in total. The molecule has 0 fully saturated rings. The van der Waals surface area contributed by atoms with Gasteiger partial charge < -0.3 is 4.98 Å². The largest absolute Gasteiger partial charge is 0.417 e. The minimum atomic E-state index is -5.23. The van der Waals surface area contributed by atoms with E-state index in [2.05, 4.69) is 9.97 Å². The van der Waals surface area contributed by atoms with Crippen molar-refractivity contribution in [2.75, 3.05) is 0 Å². The molecule has 0 saturated heterocycles. The maximum absolute atomic E-state index is 15.6. The van der Waals surface area contributed by atoms with Gasteiger partial charge in [-0.3, -0.25) is 9.78 Å². The number of nitrogens with one attached hydrogen (secondary N) is 2. The molecule has 4 aromatic rings. The smallest absolute Gasteiger partial charge is 0.306 e. The number of hydrogen-bond donors (Lipinski definition) is 2. The van der Waals surface area contributed by atoms with E-state index in [-0.39, 0.29) is 5.69 Å². The normalized spacial score (nSPS) is 12.9. The Labute approximate surface area is 234 Å². The highest BCUT2D eigenvalue weighted by Gasteiger charge is 2.37. The summed E-state index contributed by atoms with van der Waals surface area (Å²) in [5.41, 5.74) is -7.95. The van der Waals surface area contributed by atoms with Gasteiger partial charge in [-0.2, -0.15) is 39.5 Å². The van der Waals surface area contributed by atoms with Gasteiger partial charge in [0.1, 0.15) is 11.6 Å². The first-order chi connectivity index (χ1) is 19.8. The Bertz CT molecular complexity index is 1820. The van der Waals surface area contributed by atoms with Gasteiger partial charge in [0, 0.05) is 24.4 Å². The molecule has 43 heavy (non-hydrogen) atoms. The van der Waals surface area contributed by atoms with E-state index in [1.165, 1.54) is 0 Å². The van der Waals surface area contributed by atoms with E-state index >= 15 is 4.39 Å². The van der Waals surface area contributed by atoms with E-state index in [1.54, 1.807) is 0 Å². The molecule has 0 radical (unpaired) electrons. The fraction of sp³-hybridized carbons (Fsp3) is 0.160. The summed E-state index contributed by atoms with van der Waals surface area (Å²) in [5, 5.41) is 0. The molecular formula is C25H14F10N4O3S. The molecule has 228 valence electrons. The lowest BCUT2D eigenvalue weighted by molar-refractivity contribution is -0.138. The Balaban J connectivity index is 1.74. The first-order valence-electron chi connectivity index (χ1n) is 11.5. The zero-order valence-corrected chi connectivity index (χ0v) is 21.6. The summed E-state index contributed by atoms with van der Waals surface area (Å²) in [4.78, 5) is 20.8. The number of H-pyrrole nitrogens is 1. The minimum Gasteiger partial charge on any atom is -0.306 e. The van der Waals surface area contributed by atoms with Gasteiger partial charge in [0.25, 0.3) is 5.56 Å². The van der Waals surface area contributed by atoms with E-state index in [9.17, 15) is 52.7 Å². The Hall–Kier alpha value is -4.32. The van der Waals surface area contributed by atoms with Crippen molar-refractivity contribution in [2.45, 2.75) is 30.0 Å². The molecule has 4 rings (SSSR count). The van der Waals surface area contributed by atoms with Crippen LogP contribution in [0.3, 0.4) is 0 Å². The summed E-state index contributed by atoms with van der Waals surface area (Å²) in [6.45, 7) is -0.981. The summed E-state index contributed by atoms with van der Waals surface area (Å²) >= 11 is 0. The van der Waals surface area contributed by atoms with Gasteiger partial charge in [0.2, 0.25) is 10.0 Å². The highest BCUT2D eigenvalue weighted by atomic mass is 32.2. The first kappa shape index (κ1) is 31.6. The molecule has 0 aliphatic rings. The molecule has 0 aliphatic heterocycles. The van der Waals surface area contributed by atoms with Gasteiger partial charge in [0.05, 0.1) is 38.5 Å². The van der Waals surface area contributed by atoms with E-state index in [0.717, 1.165) is 6.07 Å². The first-order valence-corrected chi connectivity index (χ1v) is 13.0. The lowest BCUT2D eigenvalue weighted by Crippen LogP contribution is -2.24. The molecule has 18 heteroatoms. The molecule has 0 spiro atoms. The maximum Gasteiger partial charge on any atom is 0.417 e. The molecule has 2 heterocycles. The highest BCUT2D eigenvalue weighted by Crippen LogP contribution is 2.39. The molecule has 0 atom stereocenters. The number of sulfonamides is 1. The molecule has 0 saturated carbocycles. The van der Waals surface area contributed by atoms with Crippen molar-refractivity contribution in [3.05, 3.63) is 99.2 Å². The van der Waals surface area contributed by atoms with Crippen molar-refractivity contribution in [3.63, 3.8) is 0 Å². The van der Waals surface area contributed by atoms with Crippen LogP contribution in [-0.2, 0) is 35.1 Å². The van der Waals surface area contributed by atoms with Crippen LogP contribution in [0.15, 0.2) is 70.5 Å². The number of nitrogens with zero attached hydrogens (tertiary/aromatic N) is 2. The van der Waals surface area contributed by atoms with Crippen LogP contribution in [0, 0.1) is 5.82 Å². The SMILES string of the molecule is O=c1cc(-c2ccc(C(F)(F)F)cn2)nc(-c2c(C(F)(F)F)ccc(CNS(=O)(=O)c3ccc(C(F)(F)F)cc3)c2F)[nH]1. The summed E-state index contributed by atoms with van der Waals surface area (Å²) in [5.74, 6) is -2.67. The molecule has 0 bridgehead atoms. The van der Waals surface area contributed by atoms with Crippen LogP contribution in [0.1, 0.15) is 22.3 Å². The summed E-state index contributed by atoms with van der Waals surface area (Å²) < 4.78 is 161. The third-order valence-corrected chi connectivity index (χ3v) is 7.22. The van der Waals surface area contributed by atoms with E-state index in [4.69, 9.17) is 0 Å². The molecule has 0 unspecified atom stereocenters. The average Bonchev–Trinajstić information content (AvgIpc) is 2.90. The van der Waals surface area contributed by atoms with E-state index < -0.39 is 90.7 Å². The monoisotopic (exact) mass is 640 g/mol. The van der Waals surface area contributed by atoms with Gasteiger partial charge in [0.15, 0.2) is 0 Å². The predicted octanol–water partition coefficient (Wildman–Crippen LogP) is 6.17. The Kier molecular flexibility index (Phi) is 8.14. The van der Waals surface area contributed by atoms with Crippen molar-refractivity contribution in [2.24, 2.45) is 0 Å². The van der Waals surface area contributed by atoms with Gasteiger partial charge in [-0.25, -0.2) is 22.5 Å². The number of aromatic amines is 1. The lowest BCUT2D eigenvalue weighted by atomic mass is 10.0. The summed E-state index contributed by atoms with van der Waals surface area (Å²) in [6.07, 6.45) is -14.4. The molecule has 2 aromatic carbocycles. The fourth-order valence-corrected chi connectivity index (χ4v) is 4.73. The molecule has 2 N–H and O–H groups in total. The van der Waals surface area contributed by atoms with Crippen LogP contribution in [0.5, 0.6) is 0 Å². The Morgan fingerprint density at radius 2 is 1.37 bits per heavy atom. The van der Waals surface area contributed by atoms with Crippen LogP contribution < -0.4 is 10.3 Å². The number of benzene rings is 2. The third kappa shape index (κ3) is 7.02. The number of hydrogen-bond acceptors (Lipinski definition) is 5. The van der Waals surface area contributed by atoms with Crippen LogP contribution in [-0.4, -0.2) is 23.4 Å². The number of aromatic nitrogens is 3. The number of pyridine rings is 1. The van der Waals surface area contributed by atoms with Crippen molar-refractivity contribution in [3.8, 4) is 22.8 Å². The van der Waals surface area contributed by atoms with Crippen molar-refractivity contribution in [1.29, 1.82) is 0 Å². The number of alkyl halides is 9. The molecule has 2 aromatic heterocycles. The second-order valence-electron chi connectivity index (χ2n) is 8.71. The van der Waals surface area contributed by atoms with Crippen LogP contribution in [0.4, 0.5) is 43.9 Å². The van der Waals surface area contributed by atoms with Crippen molar-refractivity contribution < 1.29 is 52.3 Å². The number of halogens is 10. The van der Waals surface area contributed by atoms with Gasteiger partial charge >= 0.3 is 18.5 Å². The highest BCUT2D eigenvalue weighted by molar-refractivity contribution is 7.89. The summed E-state index contributed by atoms with van der Waals surface area (Å²) in [6, 6.07) is 5.24. The second-order valence-corrected chi connectivity index (χ2v) is 10.5. The summed E-state index contributed by atoms with van der Waals surface area (Å²) in [7, 11) is -4.59. The zero-order chi connectivity index (χ0) is 32.0. The Morgan fingerprint density at radius 3 is 1.91 bits per heavy atom. The van der Waals surface area contributed by atoms with Gasteiger partial charge in [-0.1, -0.05) is 6.07 Å². The average molecular weight is 640 g/mol. The molecular weight excluding hydrogens is 626 g/mol. The topological polar surface area (TPSA) is 105 Å².